The number of carbonyl (C=O) groups is 1. The zero-order valence-electron chi connectivity index (χ0n) is 15.5. The van der Waals surface area contributed by atoms with Crippen LogP contribution in [0.1, 0.15) is 39.5 Å². The molecule has 25 heavy (non-hydrogen) atoms. The largest absolute Gasteiger partial charge is 0.459 e. The summed E-state index contributed by atoms with van der Waals surface area (Å²) in [5.74, 6) is 1.09. The maximum absolute atomic E-state index is 12.7. The van der Waals surface area contributed by atoms with Crippen LogP contribution >= 0.6 is 0 Å². The van der Waals surface area contributed by atoms with Gasteiger partial charge in [-0.25, -0.2) is 4.79 Å². The van der Waals surface area contributed by atoms with Gasteiger partial charge in [-0.3, -0.25) is 0 Å². The minimum Gasteiger partial charge on any atom is -0.459 e. The first-order chi connectivity index (χ1) is 11.8. The van der Waals surface area contributed by atoms with E-state index in [4.69, 9.17) is 9.15 Å². The lowest BCUT2D eigenvalue weighted by Crippen LogP contribution is -2.45. The van der Waals surface area contributed by atoms with E-state index in [1.807, 2.05) is 42.2 Å². The van der Waals surface area contributed by atoms with E-state index in [0.717, 1.165) is 16.7 Å². The molecule has 1 aromatic heterocycles. The Balaban J connectivity index is 1.67. The van der Waals surface area contributed by atoms with Gasteiger partial charge in [-0.1, -0.05) is 39.0 Å². The van der Waals surface area contributed by atoms with Crippen molar-refractivity contribution in [3.05, 3.63) is 36.1 Å². The first kappa shape index (κ1) is 17.8. The Morgan fingerprint density at radius 1 is 1.32 bits per heavy atom. The van der Waals surface area contributed by atoms with Crippen LogP contribution in [-0.4, -0.2) is 37.2 Å². The van der Waals surface area contributed by atoms with Crippen LogP contribution in [0.2, 0.25) is 0 Å². The molecule has 2 atom stereocenters. The van der Waals surface area contributed by atoms with E-state index in [9.17, 15) is 4.79 Å². The van der Waals surface area contributed by atoms with Crippen LogP contribution in [0.15, 0.2) is 34.7 Å². The normalized spacial score (nSPS) is 20.3. The lowest BCUT2D eigenvalue weighted by atomic mass is 9.81. The van der Waals surface area contributed by atoms with Crippen molar-refractivity contribution >= 4 is 17.0 Å². The van der Waals surface area contributed by atoms with Gasteiger partial charge in [0.1, 0.15) is 11.3 Å². The topological polar surface area (TPSA) is 54.7 Å². The van der Waals surface area contributed by atoms with Gasteiger partial charge in [-0.2, -0.15) is 0 Å². The number of amides is 2. The highest BCUT2D eigenvalue weighted by molar-refractivity contribution is 5.78. The highest BCUT2D eigenvalue weighted by atomic mass is 16.5. The second-order valence-corrected chi connectivity index (χ2v) is 7.94. The Bertz CT molecular complexity index is 699. The predicted molar refractivity (Wildman–Crippen MR) is 98.5 cm³/mol. The number of para-hydroxylation sites is 1. The van der Waals surface area contributed by atoms with Crippen molar-refractivity contribution in [2.24, 2.45) is 11.3 Å². The molecule has 3 rings (SSSR count). The third-order valence-corrected chi connectivity index (χ3v) is 4.99. The van der Waals surface area contributed by atoms with Crippen LogP contribution in [0, 0.1) is 11.3 Å². The SMILES string of the molecule is C[C@H](NC(=O)N1CCOCC(C(C)(C)C)C1)c1cc2ccccc2o1. The lowest BCUT2D eigenvalue weighted by molar-refractivity contribution is 0.0789. The van der Waals surface area contributed by atoms with E-state index in [1.54, 1.807) is 0 Å². The summed E-state index contributed by atoms with van der Waals surface area (Å²) in [6, 6.07) is 9.62. The summed E-state index contributed by atoms with van der Waals surface area (Å²) < 4.78 is 11.6. The number of carbonyl (C=O) groups excluding carboxylic acids is 1. The molecule has 1 aliphatic heterocycles. The first-order valence-electron chi connectivity index (χ1n) is 8.96. The minimum atomic E-state index is -0.183. The molecule has 1 saturated heterocycles. The third kappa shape index (κ3) is 4.15. The summed E-state index contributed by atoms with van der Waals surface area (Å²) in [6.07, 6.45) is 0. The van der Waals surface area contributed by atoms with E-state index < -0.39 is 0 Å². The molecule has 2 amide bonds. The van der Waals surface area contributed by atoms with Gasteiger partial charge in [-0.05, 0) is 24.5 Å². The van der Waals surface area contributed by atoms with E-state index in [1.165, 1.54) is 0 Å². The fraction of sp³-hybridized carbons (Fsp3) is 0.550. The number of nitrogens with one attached hydrogen (secondary N) is 1. The molecule has 1 N–H and O–H groups in total. The smallest absolute Gasteiger partial charge is 0.318 e. The van der Waals surface area contributed by atoms with Crippen LogP contribution in [-0.2, 0) is 4.74 Å². The van der Waals surface area contributed by atoms with Gasteiger partial charge in [0.2, 0.25) is 0 Å². The number of furan rings is 1. The molecular formula is C20H28N2O3. The quantitative estimate of drug-likeness (QED) is 0.888. The summed E-state index contributed by atoms with van der Waals surface area (Å²) in [7, 11) is 0. The summed E-state index contributed by atoms with van der Waals surface area (Å²) in [5, 5.41) is 4.11. The van der Waals surface area contributed by atoms with Crippen molar-refractivity contribution in [3.8, 4) is 0 Å². The van der Waals surface area contributed by atoms with Gasteiger partial charge in [0, 0.05) is 24.4 Å². The van der Waals surface area contributed by atoms with Crippen molar-refractivity contribution in [3.63, 3.8) is 0 Å². The lowest BCUT2D eigenvalue weighted by Gasteiger charge is -2.32. The number of rotatable bonds is 2. The number of hydrogen-bond donors (Lipinski definition) is 1. The van der Waals surface area contributed by atoms with E-state index in [-0.39, 0.29) is 17.5 Å². The Kier molecular flexibility index (Phi) is 5.04. The van der Waals surface area contributed by atoms with Gasteiger partial charge < -0.3 is 19.4 Å². The highest BCUT2D eigenvalue weighted by Crippen LogP contribution is 2.29. The molecule has 5 heteroatoms. The molecule has 0 aliphatic carbocycles. The maximum Gasteiger partial charge on any atom is 0.318 e. The van der Waals surface area contributed by atoms with Crippen molar-refractivity contribution in [1.29, 1.82) is 0 Å². The molecule has 136 valence electrons. The molecule has 0 radical (unpaired) electrons. The molecule has 1 aliphatic rings. The zero-order valence-corrected chi connectivity index (χ0v) is 15.5. The van der Waals surface area contributed by atoms with Crippen molar-refractivity contribution < 1.29 is 13.9 Å². The molecule has 2 heterocycles. The van der Waals surface area contributed by atoms with Crippen molar-refractivity contribution in [2.75, 3.05) is 26.3 Å². The summed E-state index contributed by atoms with van der Waals surface area (Å²) in [5.41, 5.74) is 0.947. The fourth-order valence-corrected chi connectivity index (χ4v) is 3.08. The third-order valence-electron chi connectivity index (χ3n) is 4.99. The van der Waals surface area contributed by atoms with E-state index in [2.05, 4.69) is 26.1 Å². The average molecular weight is 344 g/mol. The van der Waals surface area contributed by atoms with Crippen LogP contribution in [0.3, 0.4) is 0 Å². The number of urea groups is 1. The monoisotopic (exact) mass is 344 g/mol. The van der Waals surface area contributed by atoms with Crippen LogP contribution < -0.4 is 5.32 Å². The van der Waals surface area contributed by atoms with Crippen LogP contribution in [0.4, 0.5) is 4.79 Å². The molecule has 5 nitrogen and oxygen atoms in total. The molecule has 0 saturated carbocycles. The van der Waals surface area contributed by atoms with E-state index in [0.29, 0.717) is 32.2 Å². The number of fused-ring (bicyclic) bond motifs is 1. The molecule has 1 unspecified atom stereocenters. The van der Waals surface area contributed by atoms with Gasteiger partial charge in [0.05, 0.1) is 19.3 Å². The Hall–Kier alpha value is -2.01. The Morgan fingerprint density at radius 2 is 2.08 bits per heavy atom. The van der Waals surface area contributed by atoms with Crippen LogP contribution in [0.25, 0.3) is 11.0 Å². The molecule has 1 aromatic carbocycles. The average Bonchev–Trinajstić information content (AvgIpc) is 2.82. The second-order valence-electron chi connectivity index (χ2n) is 7.94. The van der Waals surface area contributed by atoms with E-state index >= 15 is 0 Å². The van der Waals surface area contributed by atoms with Gasteiger partial charge in [0.15, 0.2) is 0 Å². The molecular weight excluding hydrogens is 316 g/mol. The highest BCUT2D eigenvalue weighted by Gasteiger charge is 2.31. The number of nitrogens with zero attached hydrogens (tertiary/aromatic N) is 1. The zero-order chi connectivity index (χ0) is 18.0. The second kappa shape index (κ2) is 7.08. The molecule has 1 fully saturated rings. The standard InChI is InChI=1S/C20H28N2O3/c1-14(18-11-15-7-5-6-8-17(15)25-18)21-19(23)22-9-10-24-13-16(12-22)20(2,3)4/h5-8,11,14,16H,9-10,12-13H2,1-4H3,(H,21,23)/t14-,16?/m0/s1. The number of hydrogen-bond acceptors (Lipinski definition) is 3. The van der Waals surface area contributed by atoms with Gasteiger partial charge in [-0.15, -0.1) is 0 Å². The first-order valence-corrected chi connectivity index (χ1v) is 8.96. The van der Waals surface area contributed by atoms with Crippen molar-refractivity contribution in [2.45, 2.75) is 33.7 Å². The minimum absolute atomic E-state index is 0.0623. The number of ether oxygens (including phenoxy) is 1. The Labute approximate surface area is 149 Å². The van der Waals surface area contributed by atoms with Gasteiger partial charge in [0.25, 0.3) is 0 Å². The fourth-order valence-electron chi connectivity index (χ4n) is 3.08. The summed E-state index contributed by atoms with van der Waals surface area (Å²) >= 11 is 0. The van der Waals surface area contributed by atoms with Gasteiger partial charge >= 0.3 is 6.03 Å². The molecule has 0 spiro atoms. The molecule has 2 aromatic rings. The number of benzene rings is 1. The summed E-state index contributed by atoms with van der Waals surface area (Å²) in [6.45, 7) is 11.1. The molecule has 0 bridgehead atoms. The maximum atomic E-state index is 12.7. The van der Waals surface area contributed by atoms with Crippen molar-refractivity contribution in [1.82, 2.24) is 10.2 Å². The predicted octanol–water partition coefficient (Wildman–Crippen LogP) is 4.20. The summed E-state index contributed by atoms with van der Waals surface area (Å²) in [4.78, 5) is 14.6. The van der Waals surface area contributed by atoms with Crippen LogP contribution in [0.5, 0.6) is 0 Å². The Morgan fingerprint density at radius 3 is 2.80 bits per heavy atom.